The Morgan fingerprint density at radius 3 is 2.64 bits per heavy atom. The molecule has 170 valence electrons. The minimum absolute atomic E-state index is 0.0111. The summed E-state index contributed by atoms with van der Waals surface area (Å²) in [5, 5.41) is 10.0. The van der Waals surface area contributed by atoms with Crippen LogP contribution < -0.4 is 10.1 Å². The Balaban J connectivity index is 0.000000325. The maximum atomic E-state index is 12.0. The summed E-state index contributed by atoms with van der Waals surface area (Å²) in [5.41, 5.74) is 6.67. The van der Waals surface area contributed by atoms with Gasteiger partial charge in [0.15, 0.2) is 0 Å². The van der Waals surface area contributed by atoms with Gasteiger partial charge < -0.3 is 20.1 Å². The Morgan fingerprint density at radius 2 is 1.91 bits per heavy atom. The molecule has 0 unspecified atom stereocenters. The molecule has 2 aromatic heterocycles. The van der Waals surface area contributed by atoms with Crippen LogP contribution in [0.4, 0.5) is 13.2 Å². The van der Waals surface area contributed by atoms with E-state index in [0.29, 0.717) is 13.2 Å². The van der Waals surface area contributed by atoms with E-state index < -0.39 is 12.1 Å². The number of ether oxygens (including phenoxy) is 1. The molecule has 2 aliphatic rings. The van der Waals surface area contributed by atoms with Crippen LogP contribution in [0.5, 0.6) is 5.75 Å². The number of benzene rings is 1. The Morgan fingerprint density at radius 1 is 1.15 bits per heavy atom. The van der Waals surface area contributed by atoms with Crippen molar-refractivity contribution in [3.05, 3.63) is 71.2 Å². The van der Waals surface area contributed by atoms with E-state index in [0.717, 1.165) is 51.5 Å². The first kappa shape index (κ1) is 22.1. The quantitative estimate of drug-likeness (QED) is 0.541. The molecule has 3 aromatic rings. The van der Waals surface area contributed by atoms with Crippen molar-refractivity contribution in [3.8, 4) is 17.0 Å². The van der Waals surface area contributed by atoms with Gasteiger partial charge in [0, 0.05) is 47.3 Å². The van der Waals surface area contributed by atoms with E-state index in [1.807, 2.05) is 42.5 Å². The third-order valence-electron chi connectivity index (χ3n) is 5.08. The second-order valence-corrected chi connectivity index (χ2v) is 7.31. The molecule has 0 radical (unpaired) electrons. The van der Waals surface area contributed by atoms with Gasteiger partial charge in [-0.15, -0.1) is 0 Å². The molecule has 0 atom stereocenters. The fourth-order valence-electron chi connectivity index (χ4n) is 3.49. The van der Waals surface area contributed by atoms with Crippen LogP contribution in [-0.4, -0.2) is 46.3 Å². The average Bonchev–Trinajstić information content (AvgIpc) is 3.25. The van der Waals surface area contributed by atoms with Crippen molar-refractivity contribution in [2.75, 3.05) is 13.2 Å². The lowest BCUT2D eigenvalue weighted by Crippen LogP contribution is -2.31. The summed E-state index contributed by atoms with van der Waals surface area (Å²) in [6.45, 7) is 1.17. The number of amides is 1. The molecular weight excluding hydrogens is 439 g/mol. The highest BCUT2D eigenvalue weighted by Gasteiger charge is 2.38. The number of aliphatic carboxylic acids is 1. The van der Waals surface area contributed by atoms with Crippen LogP contribution in [0.25, 0.3) is 22.9 Å². The number of fused-ring (bicyclic) bond motifs is 2. The molecule has 33 heavy (non-hydrogen) atoms. The van der Waals surface area contributed by atoms with Crippen molar-refractivity contribution in [2.45, 2.75) is 12.6 Å². The second-order valence-electron chi connectivity index (χ2n) is 7.31. The molecule has 0 spiro atoms. The van der Waals surface area contributed by atoms with Gasteiger partial charge in [0.25, 0.3) is 5.91 Å². The molecular formula is C23H18F3N3O4. The Labute approximate surface area is 185 Å². The highest BCUT2D eigenvalue weighted by atomic mass is 19.4. The lowest BCUT2D eigenvalue weighted by molar-refractivity contribution is -0.192. The lowest BCUT2D eigenvalue weighted by atomic mass is 10.0. The van der Waals surface area contributed by atoms with Gasteiger partial charge in [0.05, 0.1) is 11.3 Å². The van der Waals surface area contributed by atoms with Gasteiger partial charge in [-0.05, 0) is 30.3 Å². The SMILES string of the molecule is O=C(O)C(F)(F)F.O=C1NCCc2[nH]c(-c3ccnc(C4=Cc5ccccc5OC4)c3)cc21. The molecule has 3 N–H and O–H groups in total. The summed E-state index contributed by atoms with van der Waals surface area (Å²) in [5.74, 6) is -1.87. The number of carboxylic acids is 1. The first-order valence-corrected chi connectivity index (χ1v) is 9.92. The normalized spacial score (nSPS) is 14.5. The average molecular weight is 457 g/mol. The van der Waals surface area contributed by atoms with Crippen LogP contribution in [0.1, 0.15) is 27.3 Å². The molecule has 0 bridgehead atoms. The van der Waals surface area contributed by atoms with Crippen LogP contribution in [0, 0.1) is 0 Å². The Bertz CT molecular complexity index is 1250. The topological polar surface area (TPSA) is 104 Å². The van der Waals surface area contributed by atoms with E-state index in [-0.39, 0.29) is 5.91 Å². The molecule has 5 rings (SSSR count). The van der Waals surface area contributed by atoms with Gasteiger partial charge in [-0.25, -0.2) is 4.79 Å². The number of pyridine rings is 1. The summed E-state index contributed by atoms with van der Waals surface area (Å²) in [4.78, 5) is 28.8. The van der Waals surface area contributed by atoms with Gasteiger partial charge in [-0.2, -0.15) is 13.2 Å². The number of hydrogen-bond acceptors (Lipinski definition) is 4. The van der Waals surface area contributed by atoms with Crippen LogP contribution in [0.2, 0.25) is 0 Å². The smallest absolute Gasteiger partial charge is 0.488 e. The molecule has 7 nitrogen and oxygen atoms in total. The highest BCUT2D eigenvalue weighted by molar-refractivity contribution is 5.98. The van der Waals surface area contributed by atoms with E-state index in [1.54, 1.807) is 6.20 Å². The Kier molecular flexibility index (Phi) is 5.91. The third-order valence-corrected chi connectivity index (χ3v) is 5.08. The third kappa shape index (κ3) is 4.89. The number of carbonyl (C=O) groups excluding carboxylic acids is 1. The van der Waals surface area contributed by atoms with E-state index in [4.69, 9.17) is 14.6 Å². The fraction of sp³-hybridized carbons (Fsp3) is 0.174. The lowest BCUT2D eigenvalue weighted by Gasteiger charge is -2.17. The van der Waals surface area contributed by atoms with Crippen LogP contribution in [-0.2, 0) is 11.2 Å². The molecule has 0 fully saturated rings. The molecule has 1 aromatic carbocycles. The van der Waals surface area contributed by atoms with Crippen molar-refractivity contribution < 1.29 is 32.6 Å². The van der Waals surface area contributed by atoms with E-state index in [1.165, 1.54) is 0 Å². The predicted molar refractivity (Wildman–Crippen MR) is 114 cm³/mol. The summed E-state index contributed by atoms with van der Waals surface area (Å²) in [6, 6.07) is 13.9. The van der Waals surface area contributed by atoms with E-state index in [9.17, 15) is 18.0 Å². The number of para-hydroxylation sites is 1. The molecule has 1 amide bonds. The molecule has 10 heteroatoms. The highest BCUT2D eigenvalue weighted by Crippen LogP contribution is 2.31. The molecule has 0 saturated heterocycles. The zero-order chi connectivity index (χ0) is 23.6. The van der Waals surface area contributed by atoms with Crippen LogP contribution >= 0.6 is 0 Å². The van der Waals surface area contributed by atoms with Gasteiger partial charge in [-0.3, -0.25) is 9.78 Å². The van der Waals surface area contributed by atoms with Gasteiger partial charge in [0.2, 0.25) is 0 Å². The summed E-state index contributed by atoms with van der Waals surface area (Å²) in [7, 11) is 0. The zero-order valence-corrected chi connectivity index (χ0v) is 17.1. The van der Waals surface area contributed by atoms with Crippen molar-refractivity contribution in [2.24, 2.45) is 0 Å². The number of carbonyl (C=O) groups is 2. The second kappa shape index (κ2) is 8.81. The number of hydrogen-bond donors (Lipinski definition) is 3. The molecule has 2 aliphatic heterocycles. The Hall–Kier alpha value is -4.08. The fourth-order valence-corrected chi connectivity index (χ4v) is 3.49. The summed E-state index contributed by atoms with van der Waals surface area (Å²) in [6.07, 6.45) is -0.334. The first-order valence-electron chi connectivity index (χ1n) is 9.92. The maximum absolute atomic E-state index is 12.0. The first-order chi connectivity index (χ1) is 15.7. The number of rotatable bonds is 2. The standard InChI is InChI=1S/C21H17N3O2.C2HF3O2/c25-21-16-11-19(24-17(16)6-8-23-21)13-5-7-22-18(10-13)15-9-14-3-1-2-4-20(14)26-12-15;3-2(4,5)1(6)7/h1-5,7,9-11,24H,6,8,12H2,(H,23,25);(H,6,7). The predicted octanol–water partition coefficient (Wildman–Crippen LogP) is 3.93. The van der Waals surface area contributed by atoms with Crippen LogP contribution in [0.3, 0.4) is 0 Å². The van der Waals surface area contributed by atoms with Crippen molar-refractivity contribution in [1.29, 1.82) is 0 Å². The minimum atomic E-state index is -5.08. The molecule has 0 aliphatic carbocycles. The number of aromatic amines is 1. The number of H-pyrrole nitrogens is 1. The summed E-state index contributed by atoms with van der Waals surface area (Å²) >= 11 is 0. The van der Waals surface area contributed by atoms with E-state index >= 15 is 0 Å². The number of carboxylic acid groups (broad SMARTS) is 1. The van der Waals surface area contributed by atoms with Crippen molar-refractivity contribution in [3.63, 3.8) is 0 Å². The maximum Gasteiger partial charge on any atom is 0.490 e. The number of alkyl halides is 3. The van der Waals surface area contributed by atoms with Crippen molar-refractivity contribution in [1.82, 2.24) is 15.3 Å². The van der Waals surface area contributed by atoms with Crippen LogP contribution in [0.15, 0.2) is 48.7 Å². The number of nitrogens with zero attached hydrogens (tertiary/aromatic N) is 1. The number of halogens is 3. The largest absolute Gasteiger partial charge is 0.490 e. The van der Waals surface area contributed by atoms with Crippen molar-refractivity contribution >= 4 is 23.5 Å². The minimum Gasteiger partial charge on any atom is -0.488 e. The number of aromatic nitrogens is 2. The van der Waals surface area contributed by atoms with Gasteiger partial charge >= 0.3 is 12.1 Å². The molecule has 4 heterocycles. The number of nitrogens with one attached hydrogen (secondary N) is 2. The van der Waals surface area contributed by atoms with E-state index in [2.05, 4.69) is 21.4 Å². The summed E-state index contributed by atoms with van der Waals surface area (Å²) < 4.78 is 37.6. The zero-order valence-electron chi connectivity index (χ0n) is 17.1. The molecule has 0 saturated carbocycles. The van der Waals surface area contributed by atoms with Gasteiger partial charge in [-0.1, -0.05) is 18.2 Å². The monoisotopic (exact) mass is 457 g/mol. The van der Waals surface area contributed by atoms with Gasteiger partial charge in [0.1, 0.15) is 12.4 Å².